The average molecular weight is 294 g/mol. The van der Waals surface area contributed by atoms with Crippen LogP contribution in [-0.4, -0.2) is 38.7 Å². The third-order valence-corrected chi connectivity index (χ3v) is 4.71. The second kappa shape index (κ2) is 5.52. The summed E-state index contributed by atoms with van der Waals surface area (Å²) >= 11 is 5.13. The van der Waals surface area contributed by atoms with E-state index in [2.05, 4.69) is 12.0 Å². The number of nitrogens with two attached hydrogens (primary N) is 1. The van der Waals surface area contributed by atoms with Gasteiger partial charge in [-0.2, -0.15) is 5.10 Å². The molecule has 0 aromatic carbocycles. The van der Waals surface area contributed by atoms with Crippen LogP contribution in [0.1, 0.15) is 42.7 Å². The van der Waals surface area contributed by atoms with Crippen molar-refractivity contribution >= 4 is 23.1 Å². The van der Waals surface area contributed by atoms with Crippen molar-refractivity contribution in [1.82, 2.24) is 14.7 Å². The van der Waals surface area contributed by atoms with E-state index in [1.165, 1.54) is 0 Å². The summed E-state index contributed by atoms with van der Waals surface area (Å²) in [4.78, 5) is 15.0. The van der Waals surface area contributed by atoms with Crippen molar-refractivity contribution < 1.29 is 4.79 Å². The number of carbonyl (C=O) groups is 1. The molecule has 5 nitrogen and oxygen atoms in total. The van der Waals surface area contributed by atoms with Crippen molar-refractivity contribution in [3.05, 3.63) is 17.5 Å². The van der Waals surface area contributed by atoms with E-state index in [1.54, 1.807) is 4.68 Å². The molecule has 0 unspecified atom stereocenters. The van der Waals surface area contributed by atoms with E-state index < -0.39 is 0 Å². The number of amides is 1. The zero-order valence-electron chi connectivity index (χ0n) is 12.3. The van der Waals surface area contributed by atoms with Gasteiger partial charge in [0.05, 0.1) is 16.2 Å². The number of aromatic nitrogens is 2. The Balaban J connectivity index is 2.10. The number of hydrogen-bond donors (Lipinski definition) is 1. The Labute approximate surface area is 125 Å². The first-order chi connectivity index (χ1) is 9.37. The molecular formula is C14H22N4OS. The van der Waals surface area contributed by atoms with Gasteiger partial charge in [0, 0.05) is 31.7 Å². The largest absolute Gasteiger partial charge is 0.393 e. The number of likely N-dealkylation sites (tertiary alicyclic amines) is 1. The van der Waals surface area contributed by atoms with Gasteiger partial charge in [0.25, 0.3) is 5.91 Å². The predicted molar refractivity (Wildman–Crippen MR) is 82.6 cm³/mol. The van der Waals surface area contributed by atoms with E-state index in [9.17, 15) is 4.79 Å². The Morgan fingerprint density at radius 3 is 2.60 bits per heavy atom. The van der Waals surface area contributed by atoms with Crippen LogP contribution in [0.15, 0.2) is 6.20 Å². The molecule has 0 radical (unpaired) electrons. The summed E-state index contributed by atoms with van der Waals surface area (Å²) < 4.78 is 1.70. The fraction of sp³-hybridized carbons (Fsp3) is 0.643. The lowest BCUT2D eigenvalue weighted by atomic mass is 9.80. The van der Waals surface area contributed by atoms with Crippen LogP contribution in [-0.2, 0) is 13.5 Å². The smallest absolute Gasteiger partial charge is 0.257 e. The molecule has 1 aliphatic rings. The van der Waals surface area contributed by atoms with E-state index in [4.69, 9.17) is 18.0 Å². The Morgan fingerprint density at radius 2 is 2.10 bits per heavy atom. The molecule has 1 amide bonds. The second-order valence-electron chi connectivity index (χ2n) is 5.73. The lowest BCUT2D eigenvalue weighted by Crippen LogP contribution is -2.46. The zero-order valence-corrected chi connectivity index (χ0v) is 13.2. The van der Waals surface area contributed by atoms with Crippen molar-refractivity contribution in [3.63, 3.8) is 0 Å². The standard InChI is InChI=1S/C14H22N4OS/c1-4-11-10(9-17(3)16-11)12(19)18-7-5-14(2,6-8-18)13(15)20/h9H,4-8H2,1-3H3,(H2,15,20). The molecule has 0 saturated carbocycles. The third-order valence-electron chi connectivity index (χ3n) is 4.22. The van der Waals surface area contributed by atoms with Crippen molar-refractivity contribution in [2.45, 2.75) is 33.1 Å². The predicted octanol–water partition coefficient (Wildman–Crippen LogP) is 1.51. The Kier molecular flexibility index (Phi) is 4.13. The highest BCUT2D eigenvalue weighted by Crippen LogP contribution is 2.31. The van der Waals surface area contributed by atoms with Gasteiger partial charge in [0.1, 0.15) is 0 Å². The van der Waals surface area contributed by atoms with Crippen molar-refractivity contribution in [3.8, 4) is 0 Å². The van der Waals surface area contributed by atoms with Crippen LogP contribution in [0.4, 0.5) is 0 Å². The maximum Gasteiger partial charge on any atom is 0.257 e. The van der Waals surface area contributed by atoms with E-state index in [0.717, 1.165) is 25.0 Å². The lowest BCUT2D eigenvalue weighted by molar-refractivity contribution is 0.0669. The molecule has 20 heavy (non-hydrogen) atoms. The summed E-state index contributed by atoms with van der Waals surface area (Å²) in [5.41, 5.74) is 7.26. The Bertz CT molecular complexity index is 529. The molecule has 0 bridgehead atoms. The van der Waals surface area contributed by atoms with Crippen LogP contribution >= 0.6 is 12.2 Å². The van der Waals surface area contributed by atoms with Crippen molar-refractivity contribution in [2.24, 2.45) is 18.2 Å². The highest BCUT2D eigenvalue weighted by Gasteiger charge is 2.35. The molecule has 0 spiro atoms. The second-order valence-corrected chi connectivity index (χ2v) is 6.17. The lowest BCUT2D eigenvalue weighted by Gasteiger charge is -2.38. The fourth-order valence-corrected chi connectivity index (χ4v) is 2.80. The number of aryl methyl sites for hydroxylation is 2. The Morgan fingerprint density at radius 1 is 1.50 bits per heavy atom. The monoisotopic (exact) mass is 294 g/mol. The summed E-state index contributed by atoms with van der Waals surface area (Å²) in [6.07, 6.45) is 4.23. The molecule has 0 aliphatic carbocycles. The molecule has 1 aromatic heterocycles. The number of nitrogens with zero attached hydrogens (tertiary/aromatic N) is 3. The first-order valence-corrected chi connectivity index (χ1v) is 7.40. The molecule has 110 valence electrons. The summed E-state index contributed by atoms with van der Waals surface area (Å²) in [5.74, 6) is 0.0694. The third kappa shape index (κ3) is 2.70. The van der Waals surface area contributed by atoms with Gasteiger partial charge in [-0.25, -0.2) is 0 Å². The molecule has 2 N–H and O–H groups in total. The van der Waals surface area contributed by atoms with Crippen molar-refractivity contribution in [2.75, 3.05) is 13.1 Å². The quantitative estimate of drug-likeness (QED) is 0.858. The minimum Gasteiger partial charge on any atom is -0.393 e. The summed E-state index contributed by atoms with van der Waals surface area (Å²) in [7, 11) is 1.84. The van der Waals surface area contributed by atoms with Gasteiger partial charge >= 0.3 is 0 Å². The highest BCUT2D eigenvalue weighted by atomic mass is 32.1. The van der Waals surface area contributed by atoms with Gasteiger partial charge in [0.15, 0.2) is 0 Å². The van der Waals surface area contributed by atoms with Gasteiger partial charge in [-0.15, -0.1) is 0 Å². The van der Waals surface area contributed by atoms with Gasteiger partial charge in [-0.1, -0.05) is 26.1 Å². The van der Waals surface area contributed by atoms with Crippen LogP contribution in [0.5, 0.6) is 0 Å². The first kappa shape index (κ1) is 15.0. The SMILES string of the molecule is CCc1nn(C)cc1C(=O)N1CCC(C)(C(N)=S)CC1. The molecule has 1 aliphatic heterocycles. The molecule has 1 saturated heterocycles. The normalized spacial score (nSPS) is 18.1. The van der Waals surface area contributed by atoms with Gasteiger partial charge in [-0.05, 0) is 19.3 Å². The molecule has 2 rings (SSSR count). The zero-order chi connectivity index (χ0) is 14.9. The van der Waals surface area contributed by atoms with E-state index in [0.29, 0.717) is 23.6 Å². The van der Waals surface area contributed by atoms with Crippen LogP contribution in [0.2, 0.25) is 0 Å². The summed E-state index contributed by atoms with van der Waals surface area (Å²) in [6, 6.07) is 0. The fourth-order valence-electron chi connectivity index (χ4n) is 2.59. The van der Waals surface area contributed by atoms with E-state index >= 15 is 0 Å². The molecule has 2 heterocycles. The minimum atomic E-state index is -0.116. The van der Waals surface area contributed by atoms with Crippen LogP contribution in [0.3, 0.4) is 0 Å². The van der Waals surface area contributed by atoms with Gasteiger partial charge < -0.3 is 10.6 Å². The van der Waals surface area contributed by atoms with Crippen LogP contribution in [0.25, 0.3) is 0 Å². The number of piperidine rings is 1. The van der Waals surface area contributed by atoms with Crippen LogP contribution < -0.4 is 5.73 Å². The molecule has 0 atom stereocenters. The molecule has 6 heteroatoms. The number of thiocarbonyl (C=S) groups is 1. The number of hydrogen-bond acceptors (Lipinski definition) is 3. The minimum absolute atomic E-state index is 0.0694. The number of rotatable bonds is 3. The average Bonchev–Trinajstić information content (AvgIpc) is 2.80. The van der Waals surface area contributed by atoms with Crippen LogP contribution in [0, 0.1) is 5.41 Å². The van der Waals surface area contributed by atoms with E-state index in [1.807, 2.05) is 25.1 Å². The molecular weight excluding hydrogens is 272 g/mol. The topological polar surface area (TPSA) is 64.2 Å². The maximum absolute atomic E-state index is 12.6. The molecule has 1 fully saturated rings. The molecule has 1 aromatic rings. The summed E-state index contributed by atoms with van der Waals surface area (Å²) in [5, 5.41) is 4.33. The maximum atomic E-state index is 12.6. The first-order valence-electron chi connectivity index (χ1n) is 6.99. The number of carbonyl (C=O) groups excluding carboxylic acids is 1. The van der Waals surface area contributed by atoms with E-state index in [-0.39, 0.29) is 11.3 Å². The van der Waals surface area contributed by atoms with Gasteiger partial charge in [-0.3, -0.25) is 9.48 Å². The Hall–Kier alpha value is -1.43. The summed E-state index contributed by atoms with van der Waals surface area (Å²) in [6.45, 7) is 5.49. The van der Waals surface area contributed by atoms with Gasteiger partial charge in [0.2, 0.25) is 0 Å². The highest BCUT2D eigenvalue weighted by molar-refractivity contribution is 7.80. The van der Waals surface area contributed by atoms with Crippen molar-refractivity contribution in [1.29, 1.82) is 0 Å².